The Morgan fingerprint density at radius 1 is 1.44 bits per heavy atom. The summed E-state index contributed by atoms with van der Waals surface area (Å²) in [5.41, 5.74) is 6.98. The molecule has 0 aliphatic rings. The summed E-state index contributed by atoms with van der Waals surface area (Å²) in [6, 6.07) is 5.79. The van der Waals surface area contributed by atoms with Crippen LogP contribution in [0, 0.1) is 0 Å². The molecule has 0 aliphatic heterocycles. The van der Waals surface area contributed by atoms with Gasteiger partial charge in [0.25, 0.3) is 0 Å². The van der Waals surface area contributed by atoms with Gasteiger partial charge < -0.3 is 15.7 Å². The van der Waals surface area contributed by atoms with Crippen LogP contribution in [-0.2, 0) is 4.79 Å². The zero-order valence-electron chi connectivity index (χ0n) is 10.9. The van der Waals surface area contributed by atoms with Crippen LogP contribution in [0.4, 0.5) is 5.69 Å². The first-order valence-electron chi connectivity index (χ1n) is 5.85. The van der Waals surface area contributed by atoms with Gasteiger partial charge in [-0.3, -0.25) is 4.79 Å². The highest BCUT2D eigenvalue weighted by Gasteiger charge is 2.15. The van der Waals surface area contributed by atoms with Crippen molar-refractivity contribution < 1.29 is 9.90 Å². The standard InChI is InChI=1S/C13H19BrN2O2/c1-8(2)16(7-13(15)18)10-4-5-11(9(3)17)12(14)6-10/h4-6,8-9,17H,7H2,1-3H3,(H2,15,18)/t9-/m0/s1. The fourth-order valence-electron chi connectivity index (χ4n) is 1.77. The molecular formula is C13H19BrN2O2. The fourth-order valence-corrected chi connectivity index (χ4v) is 2.47. The average molecular weight is 315 g/mol. The molecule has 0 aromatic heterocycles. The van der Waals surface area contributed by atoms with Crippen LogP contribution in [0.2, 0.25) is 0 Å². The van der Waals surface area contributed by atoms with Crippen LogP contribution in [0.3, 0.4) is 0 Å². The summed E-state index contributed by atoms with van der Waals surface area (Å²) in [5.74, 6) is -0.362. The molecule has 1 amide bonds. The first-order chi connectivity index (χ1) is 8.32. The van der Waals surface area contributed by atoms with E-state index in [0.29, 0.717) is 0 Å². The van der Waals surface area contributed by atoms with Gasteiger partial charge >= 0.3 is 0 Å². The van der Waals surface area contributed by atoms with Gasteiger partial charge in [-0.2, -0.15) is 0 Å². The highest BCUT2D eigenvalue weighted by atomic mass is 79.9. The lowest BCUT2D eigenvalue weighted by Gasteiger charge is -2.28. The van der Waals surface area contributed by atoms with Crippen LogP contribution in [-0.4, -0.2) is 23.6 Å². The third-order valence-corrected chi connectivity index (χ3v) is 3.40. The normalized spacial score (nSPS) is 12.6. The van der Waals surface area contributed by atoms with Gasteiger partial charge in [0, 0.05) is 16.2 Å². The molecule has 1 aromatic carbocycles. The molecule has 0 saturated carbocycles. The maximum atomic E-state index is 11.1. The number of carbonyl (C=O) groups is 1. The number of anilines is 1. The van der Waals surface area contributed by atoms with E-state index in [1.54, 1.807) is 6.92 Å². The molecule has 1 aromatic rings. The van der Waals surface area contributed by atoms with Crippen molar-refractivity contribution in [3.05, 3.63) is 28.2 Å². The zero-order chi connectivity index (χ0) is 13.9. The number of nitrogens with zero attached hydrogens (tertiary/aromatic N) is 1. The first-order valence-corrected chi connectivity index (χ1v) is 6.64. The second-order valence-electron chi connectivity index (χ2n) is 4.57. The van der Waals surface area contributed by atoms with Crippen LogP contribution < -0.4 is 10.6 Å². The molecule has 0 saturated heterocycles. The van der Waals surface area contributed by atoms with Crippen molar-refractivity contribution in [1.82, 2.24) is 0 Å². The average Bonchev–Trinajstić information content (AvgIpc) is 2.24. The van der Waals surface area contributed by atoms with Crippen molar-refractivity contribution >= 4 is 27.5 Å². The molecule has 0 fully saturated rings. The second kappa shape index (κ2) is 6.20. The lowest BCUT2D eigenvalue weighted by atomic mass is 10.1. The molecule has 4 nitrogen and oxygen atoms in total. The Hall–Kier alpha value is -1.07. The Bertz CT molecular complexity index is 433. The number of aliphatic hydroxyl groups excluding tert-OH is 1. The van der Waals surface area contributed by atoms with Crippen molar-refractivity contribution in [2.75, 3.05) is 11.4 Å². The van der Waals surface area contributed by atoms with Gasteiger partial charge in [-0.05, 0) is 38.5 Å². The molecule has 0 aliphatic carbocycles. The van der Waals surface area contributed by atoms with E-state index in [1.165, 1.54) is 0 Å². The summed E-state index contributed by atoms with van der Waals surface area (Å²) in [5, 5.41) is 9.57. The lowest BCUT2D eigenvalue weighted by molar-refractivity contribution is -0.116. The molecule has 1 rings (SSSR count). The number of hydrogen-bond donors (Lipinski definition) is 2. The van der Waals surface area contributed by atoms with Gasteiger partial charge in [-0.15, -0.1) is 0 Å². The summed E-state index contributed by atoms with van der Waals surface area (Å²) in [4.78, 5) is 13.0. The third-order valence-electron chi connectivity index (χ3n) is 2.72. The monoisotopic (exact) mass is 314 g/mol. The third kappa shape index (κ3) is 3.71. The number of nitrogens with two attached hydrogens (primary N) is 1. The predicted octanol–water partition coefficient (Wildman–Crippen LogP) is 2.20. The smallest absolute Gasteiger partial charge is 0.236 e. The van der Waals surface area contributed by atoms with Gasteiger partial charge in [0.15, 0.2) is 0 Å². The Labute approximate surface area is 116 Å². The zero-order valence-corrected chi connectivity index (χ0v) is 12.4. The molecule has 0 radical (unpaired) electrons. The van der Waals surface area contributed by atoms with Crippen LogP contribution in [0.25, 0.3) is 0 Å². The van der Waals surface area contributed by atoms with E-state index in [0.717, 1.165) is 15.7 Å². The van der Waals surface area contributed by atoms with Crippen LogP contribution in [0.15, 0.2) is 22.7 Å². The maximum absolute atomic E-state index is 11.1. The Balaban J connectivity index is 3.07. The van der Waals surface area contributed by atoms with Crippen molar-refractivity contribution in [1.29, 1.82) is 0 Å². The second-order valence-corrected chi connectivity index (χ2v) is 5.42. The molecular weight excluding hydrogens is 296 g/mol. The van der Waals surface area contributed by atoms with E-state index in [9.17, 15) is 9.90 Å². The number of aliphatic hydroxyl groups is 1. The SMILES string of the molecule is CC(C)N(CC(N)=O)c1ccc([C@H](C)O)c(Br)c1. The van der Waals surface area contributed by atoms with Gasteiger partial charge in [-0.25, -0.2) is 0 Å². The molecule has 0 unspecified atom stereocenters. The molecule has 0 heterocycles. The van der Waals surface area contributed by atoms with Crippen molar-refractivity contribution in [2.24, 2.45) is 5.73 Å². The molecule has 18 heavy (non-hydrogen) atoms. The van der Waals surface area contributed by atoms with E-state index in [4.69, 9.17) is 5.73 Å². The number of primary amides is 1. The fraction of sp³-hybridized carbons (Fsp3) is 0.462. The van der Waals surface area contributed by atoms with Crippen molar-refractivity contribution in [3.8, 4) is 0 Å². The predicted molar refractivity (Wildman–Crippen MR) is 76.5 cm³/mol. The van der Waals surface area contributed by atoms with Gasteiger partial charge in [0.05, 0.1) is 12.6 Å². The molecule has 1 atom stereocenters. The number of benzene rings is 1. The van der Waals surface area contributed by atoms with Gasteiger partial charge in [0.1, 0.15) is 0 Å². The molecule has 0 bridgehead atoms. The maximum Gasteiger partial charge on any atom is 0.236 e. The summed E-state index contributed by atoms with van der Waals surface area (Å²) in [6.07, 6.45) is -0.530. The Morgan fingerprint density at radius 2 is 2.06 bits per heavy atom. The Kier molecular flexibility index (Phi) is 5.16. The molecule has 100 valence electrons. The topological polar surface area (TPSA) is 66.6 Å². The minimum absolute atomic E-state index is 0.168. The molecule has 0 spiro atoms. The number of rotatable bonds is 5. The van der Waals surface area contributed by atoms with Gasteiger partial charge in [-0.1, -0.05) is 22.0 Å². The number of hydrogen-bond acceptors (Lipinski definition) is 3. The number of carbonyl (C=O) groups excluding carboxylic acids is 1. The van der Waals surface area contributed by atoms with Crippen LogP contribution in [0.1, 0.15) is 32.4 Å². The molecule has 3 N–H and O–H groups in total. The van der Waals surface area contributed by atoms with Crippen LogP contribution in [0.5, 0.6) is 0 Å². The van der Waals surface area contributed by atoms with E-state index in [2.05, 4.69) is 15.9 Å². The largest absolute Gasteiger partial charge is 0.389 e. The first kappa shape index (κ1) is 15.0. The highest BCUT2D eigenvalue weighted by molar-refractivity contribution is 9.10. The minimum Gasteiger partial charge on any atom is -0.389 e. The molecule has 5 heteroatoms. The van der Waals surface area contributed by atoms with E-state index in [-0.39, 0.29) is 18.5 Å². The van der Waals surface area contributed by atoms with Crippen LogP contribution >= 0.6 is 15.9 Å². The number of halogens is 1. The Morgan fingerprint density at radius 3 is 2.44 bits per heavy atom. The van der Waals surface area contributed by atoms with E-state index >= 15 is 0 Å². The van der Waals surface area contributed by atoms with Crippen molar-refractivity contribution in [3.63, 3.8) is 0 Å². The lowest BCUT2D eigenvalue weighted by Crippen LogP contribution is -2.38. The van der Waals surface area contributed by atoms with E-state index < -0.39 is 6.10 Å². The van der Waals surface area contributed by atoms with Gasteiger partial charge in [0.2, 0.25) is 5.91 Å². The quantitative estimate of drug-likeness (QED) is 0.875. The highest BCUT2D eigenvalue weighted by Crippen LogP contribution is 2.28. The van der Waals surface area contributed by atoms with E-state index in [1.807, 2.05) is 36.9 Å². The number of amides is 1. The minimum atomic E-state index is -0.530. The van der Waals surface area contributed by atoms with Crippen molar-refractivity contribution in [2.45, 2.75) is 32.9 Å². The summed E-state index contributed by atoms with van der Waals surface area (Å²) in [6.45, 7) is 5.89. The summed E-state index contributed by atoms with van der Waals surface area (Å²) >= 11 is 3.43. The summed E-state index contributed by atoms with van der Waals surface area (Å²) in [7, 11) is 0. The summed E-state index contributed by atoms with van der Waals surface area (Å²) < 4.78 is 0.824.